The van der Waals surface area contributed by atoms with Crippen molar-refractivity contribution >= 4 is 11.8 Å². The van der Waals surface area contributed by atoms with Crippen molar-refractivity contribution in [3.05, 3.63) is 18.2 Å². The quantitative estimate of drug-likeness (QED) is 0.765. The predicted molar refractivity (Wildman–Crippen MR) is 94.4 cm³/mol. The summed E-state index contributed by atoms with van der Waals surface area (Å²) in [6.07, 6.45) is 4.40. The summed E-state index contributed by atoms with van der Waals surface area (Å²) in [4.78, 5) is 33.0. The molecule has 0 aliphatic carbocycles. The Labute approximate surface area is 154 Å². The molecule has 1 saturated heterocycles. The van der Waals surface area contributed by atoms with E-state index in [1.165, 1.54) is 7.11 Å². The maximum atomic E-state index is 12.9. The maximum absolute atomic E-state index is 12.9. The van der Waals surface area contributed by atoms with Crippen LogP contribution in [0.2, 0.25) is 0 Å². The number of carbonyl (C=O) groups excluding carboxylic acids is 2. The zero-order chi connectivity index (χ0) is 18.7. The Kier molecular flexibility index (Phi) is 5.62. The number of imidazole rings is 1. The summed E-state index contributed by atoms with van der Waals surface area (Å²) in [7, 11) is 1.52. The van der Waals surface area contributed by atoms with Gasteiger partial charge in [0.1, 0.15) is 18.0 Å². The average Bonchev–Trinajstić information content (AvgIpc) is 3.13. The van der Waals surface area contributed by atoms with E-state index in [0.29, 0.717) is 45.6 Å². The minimum atomic E-state index is -0.612. The first-order valence-corrected chi connectivity index (χ1v) is 9.29. The molecule has 0 bridgehead atoms. The van der Waals surface area contributed by atoms with Crippen molar-refractivity contribution in [2.75, 3.05) is 39.9 Å². The summed E-state index contributed by atoms with van der Waals surface area (Å²) in [5, 5.41) is 0. The number of ether oxygens (including phenoxy) is 2. The summed E-state index contributed by atoms with van der Waals surface area (Å²) in [5.41, 5.74) is -0.612. The summed E-state index contributed by atoms with van der Waals surface area (Å²) in [6, 6.07) is 0. The van der Waals surface area contributed by atoms with Gasteiger partial charge in [-0.3, -0.25) is 9.59 Å². The van der Waals surface area contributed by atoms with Crippen LogP contribution in [0.4, 0.5) is 0 Å². The molecule has 1 fully saturated rings. The highest BCUT2D eigenvalue weighted by Gasteiger charge is 2.48. The minimum absolute atomic E-state index is 0.0164. The fourth-order valence-corrected chi connectivity index (χ4v) is 3.94. The van der Waals surface area contributed by atoms with Crippen LogP contribution in [-0.4, -0.2) is 77.2 Å². The molecule has 26 heavy (non-hydrogen) atoms. The number of rotatable bonds is 5. The van der Waals surface area contributed by atoms with Gasteiger partial charge in [-0.15, -0.1) is 0 Å². The normalized spacial score (nSPS) is 21.5. The molecule has 3 heterocycles. The topological polar surface area (TPSA) is 76.9 Å². The first kappa shape index (κ1) is 18.8. The number of nitrogens with zero attached hydrogens (tertiary/aromatic N) is 4. The van der Waals surface area contributed by atoms with Crippen molar-refractivity contribution in [1.82, 2.24) is 19.4 Å². The number of fused-ring (bicyclic) bond motifs is 2. The standard InChI is InChI=1S/C18H28N4O4/c1-4-20(5-2)16(24)14-12-22-11-8-19-17(22)18(26-14)6-9-21(10-7-18)15(23)13-25-3/h8,11,14H,4-7,9-10,12-13H2,1-3H3. The van der Waals surface area contributed by atoms with E-state index < -0.39 is 11.7 Å². The van der Waals surface area contributed by atoms with Crippen molar-refractivity contribution < 1.29 is 19.1 Å². The molecule has 2 amide bonds. The summed E-state index contributed by atoms with van der Waals surface area (Å²) in [5.74, 6) is 0.865. The number of hydrogen-bond acceptors (Lipinski definition) is 5. The van der Waals surface area contributed by atoms with Crippen LogP contribution in [0.15, 0.2) is 12.4 Å². The van der Waals surface area contributed by atoms with Gasteiger partial charge in [0, 0.05) is 58.5 Å². The molecule has 3 rings (SSSR count). The van der Waals surface area contributed by atoms with E-state index >= 15 is 0 Å². The highest BCUT2D eigenvalue weighted by molar-refractivity contribution is 5.81. The highest BCUT2D eigenvalue weighted by Crippen LogP contribution is 2.40. The molecule has 1 atom stereocenters. The lowest BCUT2D eigenvalue weighted by Crippen LogP contribution is -2.55. The van der Waals surface area contributed by atoms with E-state index in [-0.39, 0.29) is 18.4 Å². The van der Waals surface area contributed by atoms with Gasteiger partial charge in [0.15, 0.2) is 6.10 Å². The van der Waals surface area contributed by atoms with Crippen LogP contribution >= 0.6 is 0 Å². The number of hydrogen-bond donors (Lipinski definition) is 0. The molecular weight excluding hydrogens is 336 g/mol. The third-order valence-corrected chi connectivity index (χ3v) is 5.40. The number of likely N-dealkylation sites (N-methyl/N-ethyl adjacent to an activating group) is 1. The largest absolute Gasteiger partial charge is 0.375 e. The van der Waals surface area contributed by atoms with Gasteiger partial charge in [0.05, 0.1) is 6.54 Å². The SMILES string of the molecule is CCN(CC)C(=O)C1Cn2ccnc2C2(CCN(C(=O)COC)CC2)O1. The zero-order valence-electron chi connectivity index (χ0n) is 15.8. The van der Waals surface area contributed by atoms with Gasteiger partial charge in [-0.1, -0.05) is 0 Å². The fourth-order valence-electron chi connectivity index (χ4n) is 3.94. The van der Waals surface area contributed by atoms with Gasteiger partial charge in [-0.05, 0) is 13.8 Å². The van der Waals surface area contributed by atoms with Crippen LogP contribution in [0.25, 0.3) is 0 Å². The van der Waals surface area contributed by atoms with Gasteiger partial charge < -0.3 is 23.8 Å². The first-order chi connectivity index (χ1) is 12.5. The van der Waals surface area contributed by atoms with Crippen molar-refractivity contribution in [2.24, 2.45) is 0 Å². The number of likely N-dealkylation sites (tertiary alicyclic amines) is 1. The van der Waals surface area contributed by atoms with Crippen molar-refractivity contribution in [2.45, 2.75) is 44.9 Å². The molecule has 144 valence electrons. The fraction of sp³-hybridized carbons (Fsp3) is 0.722. The van der Waals surface area contributed by atoms with Gasteiger partial charge in [0.2, 0.25) is 5.91 Å². The molecule has 1 aromatic heterocycles. The molecule has 1 unspecified atom stereocenters. The van der Waals surface area contributed by atoms with Crippen LogP contribution in [0.3, 0.4) is 0 Å². The monoisotopic (exact) mass is 364 g/mol. The van der Waals surface area contributed by atoms with E-state index in [9.17, 15) is 9.59 Å². The Morgan fingerprint density at radius 1 is 1.35 bits per heavy atom. The molecule has 8 heteroatoms. The first-order valence-electron chi connectivity index (χ1n) is 9.29. The summed E-state index contributed by atoms with van der Waals surface area (Å²) in [6.45, 7) is 6.99. The Morgan fingerprint density at radius 3 is 2.65 bits per heavy atom. The van der Waals surface area contributed by atoms with Gasteiger partial charge in [0.25, 0.3) is 5.91 Å². The number of piperidine rings is 1. The van der Waals surface area contributed by atoms with Crippen LogP contribution in [0.5, 0.6) is 0 Å². The lowest BCUT2D eigenvalue weighted by molar-refractivity contribution is -0.183. The lowest BCUT2D eigenvalue weighted by atomic mass is 9.88. The number of methoxy groups -OCH3 is 1. The van der Waals surface area contributed by atoms with E-state index in [4.69, 9.17) is 9.47 Å². The summed E-state index contributed by atoms with van der Waals surface area (Å²) >= 11 is 0. The van der Waals surface area contributed by atoms with E-state index in [1.807, 2.05) is 24.6 Å². The second-order valence-electron chi connectivity index (χ2n) is 6.83. The maximum Gasteiger partial charge on any atom is 0.253 e. The van der Waals surface area contributed by atoms with Gasteiger partial charge >= 0.3 is 0 Å². The molecule has 1 spiro atoms. The Hall–Kier alpha value is -1.93. The third-order valence-electron chi connectivity index (χ3n) is 5.40. The third kappa shape index (κ3) is 3.35. The second kappa shape index (κ2) is 7.75. The summed E-state index contributed by atoms with van der Waals surface area (Å²) < 4.78 is 13.4. The smallest absolute Gasteiger partial charge is 0.253 e. The van der Waals surface area contributed by atoms with Crippen LogP contribution in [0.1, 0.15) is 32.5 Å². The molecule has 2 aliphatic heterocycles. The van der Waals surface area contributed by atoms with Crippen molar-refractivity contribution in [3.63, 3.8) is 0 Å². The van der Waals surface area contributed by atoms with Crippen molar-refractivity contribution in [1.29, 1.82) is 0 Å². The molecule has 0 saturated carbocycles. The lowest BCUT2D eigenvalue weighted by Gasteiger charge is -2.46. The average molecular weight is 364 g/mol. The minimum Gasteiger partial charge on any atom is -0.375 e. The van der Waals surface area contributed by atoms with Crippen molar-refractivity contribution in [3.8, 4) is 0 Å². The van der Waals surface area contributed by atoms with Crippen LogP contribution in [-0.2, 0) is 31.2 Å². The van der Waals surface area contributed by atoms with E-state index in [0.717, 1.165) is 5.82 Å². The predicted octanol–water partition coefficient (Wildman–Crippen LogP) is 0.614. The Balaban J connectivity index is 1.79. The highest BCUT2D eigenvalue weighted by atomic mass is 16.5. The van der Waals surface area contributed by atoms with Crippen LogP contribution in [0, 0.1) is 0 Å². The molecule has 8 nitrogen and oxygen atoms in total. The van der Waals surface area contributed by atoms with Gasteiger partial charge in [-0.25, -0.2) is 4.98 Å². The number of amides is 2. The Bertz CT molecular complexity index is 647. The second-order valence-corrected chi connectivity index (χ2v) is 6.83. The molecule has 0 N–H and O–H groups in total. The Morgan fingerprint density at radius 2 is 2.04 bits per heavy atom. The van der Waals surface area contributed by atoms with Gasteiger partial charge in [-0.2, -0.15) is 0 Å². The number of aromatic nitrogens is 2. The molecule has 1 aromatic rings. The van der Waals surface area contributed by atoms with Crippen LogP contribution < -0.4 is 0 Å². The molecule has 0 aromatic carbocycles. The zero-order valence-corrected chi connectivity index (χ0v) is 15.8. The molecule has 0 radical (unpaired) electrons. The van der Waals surface area contributed by atoms with E-state index in [1.54, 1.807) is 16.0 Å². The molecular formula is C18H28N4O4. The molecule has 2 aliphatic rings. The number of carbonyl (C=O) groups is 2. The van der Waals surface area contributed by atoms with E-state index in [2.05, 4.69) is 4.98 Å².